The number of carboxylic acid groups (broad SMARTS) is 1. The van der Waals surface area contributed by atoms with E-state index < -0.39 is 22.8 Å². The SMILES string of the molecule is CCOC1CC(NC(=O)c2nc3nc(C)cc(C)n3n2)(C(=O)O)C1(C)C. The summed E-state index contributed by atoms with van der Waals surface area (Å²) in [5.41, 5.74) is -0.655. The van der Waals surface area contributed by atoms with Crippen LogP contribution in [0.2, 0.25) is 0 Å². The third-order valence-corrected chi connectivity index (χ3v) is 5.28. The highest BCUT2D eigenvalue weighted by molar-refractivity contribution is 5.96. The van der Waals surface area contributed by atoms with Gasteiger partial charge in [0.1, 0.15) is 5.54 Å². The molecular weight excluding hydrogens is 338 g/mol. The molecule has 0 aromatic carbocycles. The number of fused-ring (bicyclic) bond motifs is 1. The van der Waals surface area contributed by atoms with Crippen molar-refractivity contribution in [2.75, 3.05) is 6.61 Å². The first kappa shape index (κ1) is 18.2. The number of rotatable bonds is 5. The molecular formula is C17H23N5O4. The predicted octanol–water partition coefficient (Wildman–Crippen LogP) is 1.13. The maximum absolute atomic E-state index is 12.7. The van der Waals surface area contributed by atoms with E-state index in [0.29, 0.717) is 12.4 Å². The zero-order chi connectivity index (χ0) is 19.3. The quantitative estimate of drug-likeness (QED) is 0.819. The van der Waals surface area contributed by atoms with Gasteiger partial charge in [0.2, 0.25) is 5.82 Å². The molecule has 0 aliphatic heterocycles. The van der Waals surface area contributed by atoms with Crippen molar-refractivity contribution < 1.29 is 19.4 Å². The normalized spacial score (nSPS) is 24.3. The van der Waals surface area contributed by atoms with Crippen LogP contribution in [0, 0.1) is 19.3 Å². The van der Waals surface area contributed by atoms with Gasteiger partial charge in [-0.1, -0.05) is 13.8 Å². The molecule has 1 aliphatic carbocycles. The second-order valence-corrected chi connectivity index (χ2v) is 7.22. The molecule has 2 atom stereocenters. The highest BCUT2D eigenvalue weighted by atomic mass is 16.5. The van der Waals surface area contributed by atoms with E-state index in [0.717, 1.165) is 11.4 Å². The molecule has 9 heteroatoms. The Morgan fingerprint density at radius 3 is 2.65 bits per heavy atom. The van der Waals surface area contributed by atoms with E-state index in [4.69, 9.17) is 4.74 Å². The predicted molar refractivity (Wildman–Crippen MR) is 91.9 cm³/mol. The lowest BCUT2D eigenvalue weighted by Crippen LogP contribution is -2.76. The largest absolute Gasteiger partial charge is 0.479 e. The number of nitrogens with zero attached hydrogens (tertiary/aromatic N) is 4. The molecule has 2 aromatic rings. The lowest BCUT2D eigenvalue weighted by molar-refractivity contribution is -0.190. The minimum Gasteiger partial charge on any atom is -0.479 e. The first-order chi connectivity index (χ1) is 12.1. The number of hydrogen-bond donors (Lipinski definition) is 2. The molecule has 2 unspecified atom stereocenters. The van der Waals surface area contributed by atoms with Gasteiger partial charge >= 0.3 is 5.97 Å². The summed E-state index contributed by atoms with van der Waals surface area (Å²) in [6, 6.07) is 1.82. The number of aromatic nitrogens is 4. The van der Waals surface area contributed by atoms with Gasteiger partial charge in [0.15, 0.2) is 0 Å². The Morgan fingerprint density at radius 2 is 2.08 bits per heavy atom. The van der Waals surface area contributed by atoms with Crippen LogP contribution in [0.1, 0.15) is 49.2 Å². The molecule has 2 aromatic heterocycles. The van der Waals surface area contributed by atoms with Crippen molar-refractivity contribution in [3.05, 3.63) is 23.3 Å². The van der Waals surface area contributed by atoms with Crippen molar-refractivity contribution >= 4 is 17.7 Å². The number of carbonyl (C=O) groups excluding carboxylic acids is 1. The number of amides is 1. The molecule has 140 valence electrons. The van der Waals surface area contributed by atoms with Crippen LogP contribution in [0.25, 0.3) is 5.78 Å². The van der Waals surface area contributed by atoms with Crippen LogP contribution in [0.4, 0.5) is 0 Å². The average molecular weight is 361 g/mol. The van der Waals surface area contributed by atoms with Gasteiger partial charge in [-0.05, 0) is 26.8 Å². The van der Waals surface area contributed by atoms with E-state index in [-0.39, 0.29) is 18.3 Å². The Morgan fingerprint density at radius 1 is 1.38 bits per heavy atom. The van der Waals surface area contributed by atoms with Crippen LogP contribution < -0.4 is 5.32 Å². The molecule has 0 spiro atoms. The maximum Gasteiger partial charge on any atom is 0.330 e. The third-order valence-electron chi connectivity index (χ3n) is 5.28. The van der Waals surface area contributed by atoms with Crippen LogP contribution in [-0.2, 0) is 9.53 Å². The number of aliphatic carboxylic acids is 1. The lowest BCUT2D eigenvalue weighted by Gasteiger charge is -2.58. The minimum absolute atomic E-state index is 0.109. The van der Waals surface area contributed by atoms with Crippen LogP contribution in [0.5, 0.6) is 0 Å². The Kier molecular flexibility index (Phi) is 4.22. The Balaban J connectivity index is 1.91. The molecule has 1 saturated carbocycles. The summed E-state index contributed by atoms with van der Waals surface area (Å²) in [7, 11) is 0. The highest BCUT2D eigenvalue weighted by Crippen LogP contribution is 2.51. The minimum atomic E-state index is -1.43. The van der Waals surface area contributed by atoms with Gasteiger partial charge in [-0.15, -0.1) is 5.10 Å². The number of carboxylic acids is 1. The van der Waals surface area contributed by atoms with Gasteiger partial charge in [0.25, 0.3) is 11.7 Å². The van der Waals surface area contributed by atoms with E-state index in [1.807, 2.05) is 26.8 Å². The van der Waals surface area contributed by atoms with Gasteiger partial charge in [-0.3, -0.25) is 4.79 Å². The fourth-order valence-corrected chi connectivity index (χ4v) is 3.55. The Hall–Kier alpha value is -2.55. The Labute approximate surface area is 150 Å². The summed E-state index contributed by atoms with van der Waals surface area (Å²) in [5.74, 6) is -1.54. The summed E-state index contributed by atoms with van der Waals surface area (Å²) in [6.45, 7) is 9.54. The molecule has 0 bridgehead atoms. The number of aryl methyl sites for hydroxylation is 2. The van der Waals surface area contributed by atoms with E-state index in [2.05, 4.69) is 20.4 Å². The van der Waals surface area contributed by atoms with Crippen molar-refractivity contribution in [3.63, 3.8) is 0 Å². The summed E-state index contributed by atoms with van der Waals surface area (Å²) in [4.78, 5) is 33.1. The number of carbonyl (C=O) groups is 2. The fraction of sp³-hybridized carbons (Fsp3) is 0.588. The zero-order valence-corrected chi connectivity index (χ0v) is 15.5. The highest BCUT2D eigenvalue weighted by Gasteiger charge is 2.66. The summed E-state index contributed by atoms with van der Waals surface area (Å²) in [5, 5.41) is 16.6. The Bertz CT molecular complexity index is 891. The fourth-order valence-electron chi connectivity index (χ4n) is 3.55. The van der Waals surface area contributed by atoms with Gasteiger partial charge in [-0.25, -0.2) is 14.3 Å². The molecule has 1 aliphatic rings. The van der Waals surface area contributed by atoms with E-state index >= 15 is 0 Å². The summed E-state index contributed by atoms with van der Waals surface area (Å²) in [6.07, 6.45) is -0.0527. The second kappa shape index (κ2) is 6.01. The molecule has 0 saturated heterocycles. The van der Waals surface area contributed by atoms with Crippen molar-refractivity contribution in [1.82, 2.24) is 24.9 Å². The van der Waals surface area contributed by atoms with E-state index in [1.54, 1.807) is 13.8 Å². The molecule has 3 rings (SSSR count). The number of hydrogen-bond acceptors (Lipinski definition) is 6. The molecule has 0 radical (unpaired) electrons. The molecule has 1 amide bonds. The second-order valence-electron chi connectivity index (χ2n) is 7.22. The van der Waals surface area contributed by atoms with E-state index in [1.165, 1.54) is 4.52 Å². The maximum atomic E-state index is 12.7. The smallest absolute Gasteiger partial charge is 0.330 e. The first-order valence-electron chi connectivity index (χ1n) is 8.51. The van der Waals surface area contributed by atoms with Gasteiger partial charge in [-0.2, -0.15) is 4.98 Å². The number of nitrogens with one attached hydrogen (secondary N) is 1. The topological polar surface area (TPSA) is 119 Å². The monoisotopic (exact) mass is 361 g/mol. The van der Waals surface area contributed by atoms with Crippen LogP contribution in [-0.4, -0.2) is 54.8 Å². The van der Waals surface area contributed by atoms with Crippen LogP contribution in [0.15, 0.2) is 6.07 Å². The van der Waals surface area contributed by atoms with Crippen molar-refractivity contribution in [1.29, 1.82) is 0 Å². The molecule has 1 fully saturated rings. The third kappa shape index (κ3) is 2.54. The van der Waals surface area contributed by atoms with Gasteiger partial charge in [0, 0.05) is 29.8 Å². The lowest BCUT2D eigenvalue weighted by atomic mass is 9.54. The van der Waals surface area contributed by atoms with Crippen LogP contribution >= 0.6 is 0 Å². The number of ether oxygens (including phenoxy) is 1. The van der Waals surface area contributed by atoms with Gasteiger partial charge in [0.05, 0.1) is 6.10 Å². The molecule has 26 heavy (non-hydrogen) atoms. The summed E-state index contributed by atoms with van der Waals surface area (Å²) >= 11 is 0. The van der Waals surface area contributed by atoms with Crippen molar-refractivity contribution in [2.24, 2.45) is 5.41 Å². The molecule has 2 heterocycles. The zero-order valence-electron chi connectivity index (χ0n) is 15.5. The molecule has 2 N–H and O–H groups in total. The van der Waals surface area contributed by atoms with Gasteiger partial charge < -0.3 is 15.2 Å². The van der Waals surface area contributed by atoms with E-state index in [9.17, 15) is 14.7 Å². The van der Waals surface area contributed by atoms with Crippen LogP contribution in [0.3, 0.4) is 0 Å². The van der Waals surface area contributed by atoms with Crippen molar-refractivity contribution in [2.45, 2.75) is 52.7 Å². The first-order valence-corrected chi connectivity index (χ1v) is 8.51. The van der Waals surface area contributed by atoms with Crippen molar-refractivity contribution in [3.8, 4) is 0 Å². The molecule has 9 nitrogen and oxygen atoms in total. The standard InChI is InChI=1S/C17H23N5O4/c1-6-26-11-8-17(14(24)25,16(11,4)5)20-13(23)12-19-15-18-9(2)7-10(3)22(15)21-12/h7,11H,6,8H2,1-5H3,(H,20,23)(H,24,25). The summed E-state index contributed by atoms with van der Waals surface area (Å²) < 4.78 is 7.07. The average Bonchev–Trinajstić information content (AvgIpc) is 2.97.